The van der Waals surface area contributed by atoms with Crippen molar-refractivity contribution in [3.63, 3.8) is 0 Å². The molecule has 0 fully saturated rings. The smallest absolute Gasteiger partial charge is 0.243 e. The topological polar surface area (TPSA) is 66.5 Å². The summed E-state index contributed by atoms with van der Waals surface area (Å²) in [5, 5.41) is 3.58. The number of sulfonamides is 1. The maximum Gasteiger partial charge on any atom is 0.243 e. The molecule has 1 N–H and O–H groups in total. The number of carbonyl (C=O) groups excluding carboxylic acids is 1. The molecule has 0 aromatic heterocycles. The van der Waals surface area contributed by atoms with Gasteiger partial charge in [-0.3, -0.25) is 4.79 Å². The lowest BCUT2D eigenvalue weighted by atomic mass is 10.3. The number of benzene rings is 2. The van der Waals surface area contributed by atoms with E-state index in [1.54, 1.807) is 26.0 Å². The van der Waals surface area contributed by atoms with Gasteiger partial charge in [-0.25, -0.2) is 8.42 Å². The minimum atomic E-state index is -3.63. The molecule has 0 aliphatic heterocycles. The van der Waals surface area contributed by atoms with Crippen LogP contribution < -0.4 is 5.32 Å². The lowest BCUT2D eigenvalue weighted by Gasteiger charge is -2.19. The number of carbonyl (C=O) groups is 1. The van der Waals surface area contributed by atoms with Crippen LogP contribution in [0.5, 0.6) is 0 Å². The molecule has 9 heteroatoms. The Morgan fingerprint density at radius 1 is 1.07 bits per heavy atom. The summed E-state index contributed by atoms with van der Waals surface area (Å²) in [6, 6.07) is 11.4. The van der Waals surface area contributed by atoms with Crippen LogP contribution in [0, 0.1) is 0 Å². The summed E-state index contributed by atoms with van der Waals surface area (Å²) in [5.41, 5.74) is 0.270. The Bertz CT molecular complexity index is 899. The molecular formula is C18H20Cl2N2O3S2. The molecule has 0 saturated carbocycles. The second kappa shape index (κ2) is 9.80. The molecule has 1 amide bonds. The van der Waals surface area contributed by atoms with E-state index in [9.17, 15) is 13.2 Å². The number of nitrogens with zero attached hydrogens (tertiary/aromatic N) is 1. The van der Waals surface area contributed by atoms with Gasteiger partial charge in [0.25, 0.3) is 0 Å². The van der Waals surface area contributed by atoms with Gasteiger partial charge in [0.2, 0.25) is 15.9 Å². The molecule has 2 rings (SSSR count). The first-order valence-electron chi connectivity index (χ1n) is 8.25. The quantitative estimate of drug-likeness (QED) is 0.593. The van der Waals surface area contributed by atoms with Gasteiger partial charge in [-0.05, 0) is 42.5 Å². The van der Waals surface area contributed by atoms with Gasteiger partial charge in [0, 0.05) is 23.0 Å². The van der Waals surface area contributed by atoms with Crippen LogP contribution in [0.15, 0.2) is 52.3 Å². The minimum absolute atomic E-state index is 0.0938. The van der Waals surface area contributed by atoms with Crippen LogP contribution >= 0.6 is 35.0 Å². The highest BCUT2D eigenvalue weighted by Gasteiger charge is 2.22. The summed E-state index contributed by atoms with van der Waals surface area (Å²) in [6.45, 7) is 4.27. The highest BCUT2D eigenvalue weighted by Crippen LogP contribution is 2.28. The third kappa shape index (κ3) is 5.86. The zero-order valence-corrected chi connectivity index (χ0v) is 18.1. The maximum absolute atomic E-state index is 12.6. The van der Waals surface area contributed by atoms with E-state index in [0.717, 1.165) is 4.90 Å². The van der Waals surface area contributed by atoms with Crippen molar-refractivity contribution in [1.82, 2.24) is 4.31 Å². The fourth-order valence-electron chi connectivity index (χ4n) is 2.34. The molecule has 2 aromatic carbocycles. The summed E-state index contributed by atoms with van der Waals surface area (Å²) in [5.74, 6) is -0.125. The second-order valence-electron chi connectivity index (χ2n) is 5.52. The van der Waals surface area contributed by atoms with Gasteiger partial charge in [0.1, 0.15) is 0 Å². The predicted octanol–water partition coefficient (Wildman–Crippen LogP) is 4.75. The Hall–Kier alpha value is -1.25. The highest BCUT2D eigenvalue weighted by molar-refractivity contribution is 8.00. The van der Waals surface area contributed by atoms with Crippen LogP contribution in [-0.2, 0) is 14.8 Å². The normalized spacial score (nSPS) is 11.6. The van der Waals surface area contributed by atoms with Gasteiger partial charge in [0.15, 0.2) is 0 Å². The van der Waals surface area contributed by atoms with Crippen molar-refractivity contribution >= 4 is 56.6 Å². The Morgan fingerprint density at radius 3 is 2.30 bits per heavy atom. The molecule has 0 aliphatic carbocycles. The van der Waals surface area contributed by atoms with E-state index in [2.05, 4.69) is 5.32 Å². The third-order valence-electron chi connectivity index (χ3n) is 3.74. The van der Waals surface area contributed by atoms with Crippen molar-refractivity contribution in [2.24, 2.45) is 0 Å². The molecule has 0 atom stereocenters. The average Bonchev–Trinajstić information content (AvgIpc) is 2.63. The molecule has 0 unspecified atom stereocenters. The monoisotopic (exact) mass is 446 g/mol. The van der Waals surface area contributed by atoms with Crippen molar-refractivity contribution < 1.29 is 13.2 Å². The summed E-state index contributed by atoms with van der Waals surface area (Å²) in [7, 11) is -3.63. The Balaban J connectivity index is 2.11. The fraction of sp³-hybridized carbons (Fsp3) is 0.278. The summed E-state index contributed by atoms with van der Waals surface area (Å²) in [6.07, 6.45) is 0. The van der Waals surface area contributed by atoms with E-state index in [1.165, 1.54) is 34.3 Å². The van der Waals surface area contributed by atoms with Crippen LogP contribution in [0.4, 0.5) is 5.69 Å². The summed E-state index contributed by atoms with van der Waals surface area (Å²) in [4.78, 5) is 13.2. The number of hydrogen-bond donors (Lipinski definition) is 1. The van der Waals surface area contributed by atoms with E-state index in [4.69, 9.17) is 23.2 Å². The first-order valence-corrected chi connectivity index (χ1v) is 11.4. The number of halogens is 2. The zero-order chi connectivity index (χ0) is 20.0. The molecule has 2 aromatic rings. The zero-order valence-electron chi connectivity index (χ0n) is 14.9. The average molecular weight is 447 g/mol. The largest absolute Gasteiger partial charge is 0.324 e. The molecule has 5 nitrogen and oxygen atoms in total. The van der Waals surface area contributed by atoms with Crippen molar-refractivity contribution in [3.05, 3.63) is 52.5 Å². The highest BCUT2D eigenvalue weighted by atomic mass is 35.5. The maximum atomic E-state index is 12.6. The molecule has 0 aliphatic rings. The van der Waals surface area contributed by atoms with Crippen molar-refractivity contribution in [1.29, 1.82) is 0 Å². The summed E-state index contributed by atoms with van der Waals surface area (Å²) < 4.78 is 26.6. The van der Waals surface area contributed by atoms with Gasteiger partial charge in [-0.2, -0.15) is 4.31 Å². The number of nitrogens with one attached hydrogen (secondary N) is 1. The molecule has 146 valence electrons. The van der Waals surface area contributed by atoms with Crippen LogP contribution in [0.1, 0.15) is 13.8 Å². The predicted molar refractivity (Wildman–Crippen MR) is 112 cm³/mol. The Labute approximate surface area is 174 Å². The summed E-state index contributed by atoms with van der Waals surface area (Å²) >= 11 is 13.3. The molecule has 0 radical (unpaired) electrons. The Morgan fingerprint density at radius 2 is 1.70 bits per heavy atom. The van der Waals surface area contributed by atoms with E-state index in [1.807, 2.05) is 12.1 Å². The number of anilines is 1. The van der Waals surface area contributed by atoms with Crippen LogP contribution in [0.2, 0.25) is 10.0 Å². The third-order valence-corrected chi connectivity index (χ3v) is 7.38. The minimum Gasteiger partial charge on any atom is -0.324 e. The van der Waals surface area contributed by atoms with Crippen molar-refractivity contribution in [2.45, 2.75) is 23.6 Å². The number of hydrogen-bond acceptors (Lipinski definition) is 4. The van der Waals surface area contributed by atoms with Crippen LogP contribution in [0.3, 0.4) is 0 Å². The standard InChI is InChI=1S/C18H20Cl2N2O3S2/c1-3-22(4-2)27(24,25)15-9-10-16(20)17(11-15)21-18(23)12-26-14-7-5-13(19)6-8-14/h5-11H,3-4,12H2,1-2H3,(H,21,23). The SMILES string of the molecule is CCN(CC)S(=O)(=O)c1ccc(Cl)c(NC(=O)CSc2ccc(Cl)cc2)c1. The van der Waals surface area contributed by atoms with Gasteiger partial charge >= 0.3 is 0 Å². The van der Waals surface area contributed by atoms with Crippen LogP contribution in [-0.4, -0.2) is 37.5 Å². The first-order chi connectivity index (χ1) is 12.8. The Kier molecular flexibility index (Phi) is 8.00. The fourth-order valence-corrected chi connectivity index (χ4v) is 4.81. The van der Waals surface area contributed by atoms with Gasteiger partial charge in [-0.15, -0.1) is 11.8 Å². The number of amides is 1. The molecule has 0 heterocycles. The number of rotatable bonds is 8. The lowest BCUT2D eigenvalue weighted by Crippen LogP contribution is -2.30. The molecule has 27 heavy (non-hydrogen) atoms. The molecule has 0 bridgehead atoms. The first kappa shape index (κ1) is 22.0. The van der Waals surface area contributed by atoms with E-state index in [-0.39, 0.29) is 27.3 Å². The van der Waals surface area contributed by atoms with Gasteiger partial charge in [-0.1, -0.05) is 37.0 Å². The van der Waals surface area contributed by atoms with Crippen LogP contribution in [0.25, 0.3) is 0 Å². The molecule has 0 saturated heterocycles. The van der Waals surface area contributed by atoms with Gasteiger partial charge < -0.3 is 5.32 Å². The molecule has 0 spiro atoms. The van der Waals surface area contributed by atoms with E-state index in [0.29, 0.717) is 18.1 Å². The van der Waals surface area contributed by atoms with E-state index >= 15 is 0 Å². The second-order valence-corrected chi connectivity index (χ2v) is 9.35. The number of thioether (sulfide) groups is 1. The van der Waals surface area contributed by atoms with Crippen molar-refractivity contribution in [2.75, 3.05) is 24.2 Å². The van der Waals surface area contributed by atoms with Gasteiger partial charge in [0.05, 0.1) is 21.4 Å². The molecular weight excluding hydrogens is 427 g/mol. The van der Waals surface area contributed by atoms with Crippen molar-refractivity contribution in [3.8, 4) is 0 Å². The lowest BCUT2D eigenvalue weighted by molar-refractivity contribution is -0.113. The van der Waals surface area contributed by atoms with E-state index < -0.39 is 10.0 Å².